The molecule has 0 fully saturated rings. The van der Waals surface area contributed by atoms with Crippen molar-refractivity contribution in [2.75, 3.05) is 19.8 Å². The van der Waals surface area contributed by atoms with Gasteiger partial charge < -0.3 is 18.6 Å². The summed E-state index contributed by atoms with van der Waals surface area (Å²) in [4.78, 5) is 0. The maximum absolute atomic E-state index is 5.33. The van der Waals surface area contributed by atoms with E-state index in [0.717, 1.165) is 5.76 Å². The molecule has 1 aromatic rings. The molecule has 1 heterocycles. The van der Waals surface area contributed by atoms with Crippen LogP contribution in [-0.2, 0) is 20.8 Å². The van der Waals surface area contributed by atoms with Crippen LogP contribution < -0.4 is 0 Å². The summed E-state index contributed by atoms with van der Waals surface area (Å²) >= 11 is 0. The average molecular weight is 214 g/mol. The van der Waals surface area contributed by atoms with Crippen molar-refractivity contribution in [3.05, 3.63) is 24.2 Å². The van der Waals surface area contributed by atoms with Gasteiger partial charge in [0.1, 0.15) is 12.4 Å². The molecule has 1 aromatic heterocycles. The van der Waals surface area contributed by atoms with E-state index in [1.165, 1.54) is 0 Å². The Bertz CT molecular complexity index is 233. The molecular weight excluding hydrogens is 196 g/mol. The van der Waals surface area contributed by atoms with Gasteiger partial charge in [-0.1, -0.05) is 0 Å². The highest BCUT2D eigenvalue weighted by atomic mass is 16.7. The molecule has 0 radical (unpaired) electrons. The summed E-state index contributed by atoms with van der Waals surface area (Å²) in [6.07, 6.45) is 1.47. The number of rotatable bonds is 8. The summed E-state index contributed by atoms with van der Waals surface area (Å²) in [5, 5.41) is 0. The van der Waals surface area contributed by atoms with Crippen molar-refractivity contribution < 1.29 is 18.6 Å². The first-order chi connectivity index (χ1) is 7.33. The van der Waals surface area contributed by atoms with Crippen LogP contribution in [0.25, 0.3) is 0 Å². The third-order valence-electron chi connectivity index (χ3n) is 1.81. The molecule has 4 nitrogen and oxygen atoms in total. The highest BCUT2D eigenvalue weighted by molar-refractivity contribution is 4.95. The topological polar surface area (TPSA) is 40.8 Å². The fourth-order valence-corrected chi connectivity index (χ4v) is 1.12. The molecule has 1 atom stereocenters. The Kier molecular flexibility index (Phi) is 6.08. The minimum atomic E-state index is -0.165. The summed E-state index contributed by atoms with van der Waals surface area (Å²) in [6.45, 7) is 6.02. The molecule has 0 saturated carbocycles. The Hall–Kier alpha value is -0.840. The van der Waals surface area contributed by atoms with Crippen LogP contribution in [0, 0.1) is 0 Å². The lowest BCUT2D eigenvalue weighted by molar-refractivity contribution is -0.137. The van der Waals surface area contributed by atoms with Crippen LogP contribution in [0.2, 0.25) is 0 Å². The van der Waals surface area contributed by atoms with E-state index in [1.54, 1.807) is 6.26 Å². The predicted octanol–water partition coefficient (Wildman–Crippen LogP) is 2.20. The molecule has 0 aromatic carbocycles. The van der Waals surface area contributed by atoms with Crippen molar-refractivity contribution >= 4 is 0 Å². The number of furan rings is 1. The first-order valence-corrected chi connectivity index (χ1v) is 5.16. The lowest BCUT2D eigenvalue weighted by Gasteiger charge is -2.12. The lowest BCUT2D eigenvalue weighted by Crippen LogP contribution is -2.16. The van der Waals surface area contributed by atoms with Gasteiger partial charge in [0.05, 0.1) is 19.5 Å². The van der Waals surface area contributed by atoms with Crippen molar-refractivity contribution in [1.29, 1.82) is 0 Å². The largest absolute Gasteiger partial charge is 0.467 e. The SMILES string of the molecule is CCOC(C)OCCOCc1ccco1. The molecule has 0 spiro atoms. The number of hydrogen-bond donors (Lipinski definition) is 0. The van der Waals surface area contributed by atoms with Gasteiger partial charge in [-0.15, -0.1) is 0 Å². The summed E-state index contributed by atoms with van der Waals surface area (Å²) in [7, 11) is 0. The van der Waals surface area contributed by atoms with Gasteiger partial charge in [0, 0.05) is 6.61 Å². The molecule has 1 rings (SSSR count). The van der Waals surface area contributed by atoms with Crippen LogP contribution in [0.4, 0.5) is 0 Å². The molecule has 15 heavy (non-hydrogen) atoms. The molecular formula is C11H18O4. The molecule has 0 bridgehead atoms. The van der Waals surface area contributed by atoms with E-state index in [9.17, 15) is 0 Å². The lowest BCUT2D eigenvalue weighted by atomic mass is 10.5. The van der Waals surface area contributed by atoms with Gasteiger partial charge in [0.15, 0.2) is 6.29 Å². The highest BCUT2D eigenvalue weighted by Crippen LogP contribution is 2.01. The van der Waals surface area contributed by atoms with Crippen molar-refractivity contribution in [2.45, 2.75) is 26.7 Å². The minimum Gasteiger partial charge on any atom is -0.467 e. The zero-order valence-corrected chi connectivity index (χ0v) is 9.27. The van der Waals surface area contributed by atoms with E-state index < -0.39 is 0 Å². The first-order valence-electron chi connectivity index (χ1n) is 5.16. The van der Waals surface area contributed by atoms with Gasteiger partial charge in [0.25, 0.3) is 0 Å². The minimum absolute atomic E-state index is 0.165. The van der Waals surface area contributed by atoms with Crippen LogP contribution in [-0.4, -0.2) is 26.1 Å². The van der Waals surface area contributed by atoms with Gasteiger partial charge in [-0.2, -0.15) is 0 Å². The Morgan fingerprint density at radius 2 is 2.20 bits per heavy atom. The summed E-state index contributed by atoms with van der Waals surface area (Å²) in [5.74, 6) is 0.827. The van der Waals surface area contributed by atoms with E-state index >= 15 is 0 Å². The smallest absolute Gasteiger partial charge is 0.154 e. The summed E-state index contributed by atoms with van der Waals surface area (Å²) in [5.41, 5.74) is 0. The monoisotopic (exact) mass is 214 g/mol. The molecule has 0 aliphatic heterocycles. The van der Waals surface area contributed by atoms with E-state index in [2.05, 4.69) is 0 Å². The molecule has 86 valence electrons. The molecule has 0 saturated heterocycles. The molecule has 0 aliphatic carbocycles. The maximum Gasteiger partial charge on any atom is 0.154 e. The molecule has 0 aliphatic rings. The third kappa shape index (κ3) is 5.57. The standard InChI is InChI=1S/C11H18O4/c1-3-13-10(2)14-8-7-12-9-11-5-4-6-15-11/h4-6,10H,3,7-9H2,1-2H3. The predicted molar refractivity (Wildman–Crippen MR) is 55.4 cm³/mol. The fourth-order valence-electron chi connectivity index (χ4n) is 1.12. The number of ether oxygens (including phenoxy) is 3. The molecule has 4 heteroatoms. The second-order valence-electron chi connectivity index (χ2n) is 3.03. The van der Waals surface area contributed by atoms with Gasteiger partial charge in [-0.05, 0) is 26.0 Å². The van der Waals surface area contributed by atoms with E-state index in [0.29, 0.717) is 26.4 Å². The number of hydrogen-bond acceptors (Lipinski definition) is 4. The first kappa shape index (κ1) is 12.2. The van der Waals surface area contributed by atoms with E-state index in [-0.39, 0.29) is 6.29 Å². The van der Waals surface area contributed by atoms with Crippen LogP contribution >= 0.6 is 0 Å². The van der Waals surface area contributed by atoms with Crippen LogP contribution in [0.15, 0.2) is 22.8 Å². The van der Waals surface area contributed by atoms with Crippen LogP contribution in [0.1, 0.15) is 19.6 Å². The second-order valence-corrected chi connectivity index (χ2v) is 3.03. The molecule has 1 unspecified atom stereocenters. The zero-order chi connectivity index (χ0) is 10.9. The fraction of sp³-hybridized carbons (Fsp3) is 0.636. The maximum atomic E-state index is 5.33. The summed E-state index contributed by atoms with van der Waals surface area (Å²) < 4.78 is 21.0. The Morgan fingerprint density at radius 3 is 2.87 bits per heavy atom. The van der Waals surface area contributed by atoms with E-state index in [4.69, 9.17) is 18.6 Å². The Morgan fingerprint density at radius 1 is 1.33 bits per heavy atom. The van der Waals surface area contributed by atoms with Gasteiger partial charge in [-0.25, -0.2) is 0 Å². The van der Waals surface area contributed by atoms with Crippen molar-refractivity contribution in [3.63, 3.8) is 0 Å². The molecule has 0 N–H and O–H groups in total. The van der Waals surface area contributed by atoms with E-state index in [1.807, 2.05) is 26.0 Å². The van der Waals surface area contributed by atoms with Crippen molar-refractivity contribution in [2.24, 2.45) is 0 Å². The Balaban J connectivity index is 1.93. The highest BCUT2D eigenvalue weighted by Gasteiger charge is 2.00. The average Bonchev–Trinajstić information content (AvgIpc) is 2.70. The quantitative estimate of drug-likeness (QED) is 0.491. The van der Waals surface area contributed by atoms with Gasteiger partial charge in [-0.3, -0.25) is 0 Å². The van der Waals surface area contributed by atoms with Crippen molar-refractivity contribution in [1.82, 2.24) is 0 Å². The molecule has 0 amide bonds. The second kappa shape index (κ2) is 7.45. The summed E-state index contributed by atoms with van der Waals surface area (Å²) in [6, 6.07) is 3.72. The normalized spacial score (nSPS) is 12.9. The third-order valence-corrected chi connectivity index (χ3v) is 1.81. The van der Waals surface area contributed by atoms with Gasteiger partial charge in [0.2, 0.25) is 0 Å². The van der Waals surface area contributed by atoms with Gasteiger partial charge >= 0.3 is 0 Å². The van der Waals surface area contributed by atoms with Crippen LogP contribution in [0.5, 0.6) is 0 Å². The van der Waals surface area contributed by atoms with Crippen LogP contribution in [0.3, 0.4) is 0 Å². The Labute approximate surface area is 90.1 Å². The van der Waals surface area contributed by atoms with Crippen molar-refractivity contribution in [3.8, 4) is 0 Å². The zero-order valence-electron chi connectivity index (χ0n) is 9.27.